The molecule has 0 N–H and O–H groups in total. The standard InChI is InChI=1S/C19H22N2O2/c1-23-19(22)16-7-8-18(21-13-16)15-9-10-20-17(12-15)11-14-5-3-2-4-6-14/h7-10,12-14H,2-6,11H2,1H3. The highest BCUT2D eigenvalue weighted by Crippen LogP contribution is 2.27. The zero-order valence-corrected chi connectivity index (χ0v) is 13.5. The molecule has 2 aromatic rings. The summed E-state index contributed by atoms with van der Waals surface area (Å²) in [4.78, 5) is 20.4. The number of methoxy groups -OCH3 is 1. The molecule has 0 radical (unpaired) electrons. The zero-order valence-electron chi connectivity index (χ0n) is 13.5. The van der Waals surface area contributed by atoms with Gasteiger partial charge in [-0.2, -0.15) is 0 Å². The summed E-state index contributed by atoms with van der Waals surface area (Å²) >= 11 is 0. The van der Waals surface area contributed by atoms with Crippen LogP contribution in [-0.4, -0.2) is 23.0 Å². The molecule has 23 heavy (non-hydrogen) atoms. The molecule has 0 saturated heterocycles. The number of rotatable bonds is 4. The van der Waals surface area contributed by atoms with Gasteiger partial charge in [0.25, 0.3) is 0 Å². The van der Waals surface area contributed by atoms with E-state index in [9.17, 15) is 4.79 Å². The molecule has 4 nitrogen and oxygen atoms in total. The number of ether oxygens (including phenoxy) is 1. The van der Waals surface area contributed by atoms with Crippen LogP contribution in [0.2, 0.25) is 0 Å². The van der Waals surface area contributed by atoms with Gasteiger partial charge in [-0.3, -0.25) is 9.97 Å². The largest absolute Gasteiger partial charge is 0.465 e. The van der Waals surface area contributed by atoms with Gasteiger partial charge < -0.3 is 4.74 Å². The molecule has 0 amide bonds. The third-order valence-corrected chi connectivity index (χ3v) is 4.52. The third-order valence-electron chi connectivity index (χ3n) is 4.52. The lowest BCUT2D eigenvalue weighted by Crippen LogP contribution is -2.10. The molecule has 1 saturated carbocycles. The second-order valence-corrected chi connectivity index (χ2v) is 6.17. The Morgan fingerprint density at radius 3 is 2.70 bits per heavy atom. The van der Waals surface area contributed by atoms with Gasteiger partial charge in [0.15, 0.2) is 0 Å². The summed E-state index contributed by atoms with van der Waals surface area (Å²) in [6.07, 6.45) is 11.2. The number of hydrogen-bond donors (Lipinski definition) is 0. The fraction of sp³-hybridized carbons (Fsp3) is 0.421. The Labute approximate surface area is 136 Å². The quantitative estimate of drug-likeness (QED) is 0.799. The maximum Gasteiger partial charge on any atom is 0.339 e. The Kier molecular flexibility index (Phi) is 5.01. The van der Waals surface area contributed by atoms with E-state index in [1.807, 2.05) is 18.3 Å². The van der Waals surface area contributed by atoms with E-state index in [1.165, 1.54) is 39.2 Å². The minimum atomic E-state index is -0.364. The van der Waals surface area contributed by atoms with Gasteiger partial charge in [-0.15, -0.1) is 0 Å². The number of hydrogen-bond acceptors (Lipinski definition) is 4. The molecule has 2 aromatic heterocycles. The number of carbonyl (C=O) groups excluding carboxylic acids is 1. The summed E-state index contributed by atoms with van der Waals surface area (Å²) in [6, 6.07) is 7.68. The van der Waals surface area contributed by atoms with Gasteiger partial charge >= 0.3 is 5.97 Å². The van der Waals surface area contributed by atoms with Crippen LogP contribution >= 0.6 is 0 Å². The SMILES string of the molecule is COC(=O)c1ccc(-c2ccnc(CC3CCCCC3)c2)nc1. The molecular formula is C19H22N2O2. The van der Waals surface area contributed by atoms with Crippen molar-refractivity contribution in [1.82, 2.24) is 9.97 Å². The Morgan fingerprint density at radius 2 is 2.00 bits per heavy atom. The molecule has 4 heteroatoms. The first-order chi connectivity index (χ1) is 11.3. The lowest BCUT2D eigenvalue weighted by molar-refractivity contribution is 0.0600. The number of esters is 1. The van der Waals surface area contributed by atoms with Crippen molar-refractivity contribution < 1.29 is 9.53 Å². The van der Waals surface area contributed by atoms with E-state index < -0.39 is 0 Å². The molecule has 0 bridgehead atoms. The first-order valence-corrected chi connectivity index (χ1v) is 8.26. The Bertz CT molecular complexity index is 661. The summed E-state index contributed by atoms with van der Waals surface area (Å²) < 4.78 is 4.70. The lowest BCUT2D eigenvalue weighted by Gasteiger charge is -2.21. The van der Waals surface area contributed by atoms with E-state index >= 15 is 0 Å². The van der Waals surface area contributed by atoms with Crippen LogP contribution < -0.4 is 0 Å². The predicted octanol–water partition coefficient (Wildman–Crippen LogP) is 4.05. The molecule has 3 rings (SSSR count). The van der Waals surface area contributed by atoms with Crippen molar-refractivity contribution in [1.29, 1.82) is 0 Å². The van der Waals surface area contributed by atoms with E-state index in [0.717, 1.165) is 29.3 Å². The van der Waals surface area contributed by atoms with Crippen LogP contribution in [0.25, 0.3) is 11.3 Å². The van der Waals surface area contributed by atoms with Crippen molar-refractivity contribution in [3.8, 4) is 11.3 Å². The topological polar surface area (TPSA) is 52.1 Å². The van der Waals surface area contributed by atoms with Gasteiger partial charge in [0.1, 0.15) is 0 Å². The summed E-state index contributed by atoms with van der Waals surface area (Å²) in [5.74, 6) is 0.401. The van der Waals surface area contributed by atoms with E-state index in [2.05, 4.69) is 16.0 Å². The molecule has 2 heterocycles. The highest BCUT2D eigenvalue weighted by Gasteiger charge is 2.15. The molecule has 0 spiro atoms. The molecule has 1 fully saturated rings. The number of pyridine rings is 2. The van der Waals surface area contributed by atoms with Gasteiger partial charge in [0.2, 0.25) is 0 Å². The first-order valence-electron chi connectivity index (χ1n) is 8.26. The monoisotopic (exact) mass is 310 g/mol. The van der Waals surface area contributed by atoms with Crippen molar-refractivity contribution in [2.75, 3.05) is 7.11 Å². The maximum absolute atomic E-state index is 11.5. The smallest absolute Gasteiger partial charge is 0.339 e. The number of nitrogens with zero attached hydrogens (tertiary/aromatic N) is 2. The Balaban J connectivity index is 1.75. The first kappa shape index (κ1) is 15.7. The van der Waals surface area contributed by atoms with Crippen LogP contribution in [0.1, 0.15) is 48.2 Å². The van der Waals surface area contributed by atoms with Crippen LogP contribution in [0.5, 0.6) is 0 Å². The average molecular weight is 310 g/mol. The summed E-state index contributed by atoms with van der Waals surface area (Å²) in [6.45, 7) is 0. The van der Waals surface area contributed by atoms with Gasteiger partial charge in [-0.25, -0.2) is 4.79 Å². The van der Waals surface area contributed by atoms with Crippen LogP contribution in [0.4, 0.5) is 0 Å². The fourth-order valence-corrected chi connectivity index (χ4v) is 3.24. The fourth-order valence-electron chi connectivity index (χ4n) is 3.24. The molecule has 0 aromatic carbocycles. The number of aromatic nitrogens is 2. The van der Waals surface area contributed by atoms with Crippen LogP contribution in [0.3, 0.4) is 0 Å². The second kappa shape index (κ2) is 7.36. The number of carbonyl (C=O) groups is 1. The van der Waals surface area contributed by atoms with Gasteiger partial charge in [0, 0.05) is 23.7 Å². The minimum absolute atomic E-state index is 0.364. The van der Waals surface area contributed by atoms with Crippen molar-refractivity contribution in [3.63, 3.8) is 0 Å². The third kappa shape index (κ3) is 3.95. The highest BCUT2D eigenvalue weighted by atomic mass is 16.5. The van der Waals surface area contributed by atoms with Crippen molar-refractivity contribution in [2.24, 2.45) is 5.92 Å². The normalized spacial score (nSPS) is 15.3. The molecule has 0 atom stereocenters. The van der Waals surface area contributed by atoms with Crippen LogP contribution in [0, 0.1) is 5.92 Å². The zero-order chi connectivity index (χ0) is 16.1. The van der Waals surface area contributed by atoms with Gasteiger partial charge in [-0.1, -0.05) is 32.1 Å². The summed E-state index contributed by atoms with van der Waals surface area (Å²) in [7, 11) is 1.37. The molecule has 1 aliphatic rings. The maximum atomic E-state index is 11.5. The van der Waals surface area contributed by atoms with E-state index in [-0.39, 0.29) is 5.97 Å². The van der Waals surface area contributed by atoms with Gasteiger partial charge in [0.05, 0.1) is 18.4 Å². The molecular weight excluding hydrogens is 288 g/mol. The summed E-state index contributed by atoms with van der Waals surface area (Å²) in [5, 5.41) is 0. The van der Waals surface area contributed by atoms with Crippen LogP contribution in [0.15, 0.2) is 36.7 Å². The van der Waals surface area contributed by atoms with Crippen molar-refractivity contribution in [2.45, 2.75) is 38.5 Å². The lowest BCUT2D eigenvalue weighted by atomic mass is 9.86. The second-order valence-electron chi connectivity index (χ2n) is 6.17. The molecule has 0 aliphatic heterocycles. The highest BCUT2D eigenvalue weighted by molar-refractivity contribution is 5.89. The van der Waals surface area contributed by atoms with Crippen molar-refractivity contribution in [3.05, 3.63) is 47.9 Å². The van der Waals surface area contributed by atoms with E-state index in [1.54, 1.807) is 12.3 Å². The molecule has 0 unspecified atom stereocenters. The average Bonchev–Trinajstić information content (AvgIpc) is 2.62. The molecule has 1 aliphatic carbocycles. The summed E-state index contributed by atoms with van der Waals surface area (Å²) in [5.41, 5.74) is 3.49. The van der Waals surface area contributed by atoms with Crippen LogP contribution in [-0.2, 0) is 11.2 Å². The van der Waals surface area contributed by atoms with Gasteiger partial charge in [-0.05, 0) is 36.6 Å². The Morgan fingerprint density at radius 1 is 1.17 bits per heavy atom. The molecule has 120 valence electrons. The van der Waals surface area contributed by atoms with E-state index in [0.29, 0.717) is 5.56 Å². The van der Waals surface area contributed by atoms with Crippen molar-refractivity contribution >= 4 is 5.97 Å². The Hall–Kier alpha value is -2.23. The van der Waals surface area contributed by atoms with E-state index in [4.69, 9.17) is 4.74 Å². The predicted molar refractivity (Wildman–Crippen MR) is 89.1 cm³/mol. The minimum Gasteiger partial charge on any atom is -0.465 e.